The quantitative estimate of drug-likeness (QED) is 0.873. The number of nitrogens with zero attached hydrogens (tertiary/aromatic N) is 1. The first kappa shape index (κ1) is 15.1. The number of aromatic hydroxyl groups is 1. The summed E-state index contributed by atoms with van der Waals surface area (Å²) >= 11 is 0. The van der Waals surface area contributed by atoms with Gasteiger partial charge in [0.2, 0.25) is 10.0 Å². The molecule has 0 amide bonds. The van der Waals surface area contributed by atoms with Crippen molar-refractivity contribution in [1.29, 1.82) is 0 Å². The first-order chi connectivity index (χ1) is 9.21. The van der Waals surface area contributed by atoms with Crippen LogP contribution in [-0.4, -0.2) is 46.2 Å². The van der Waals surface area contributed by atoms with Crippen LogP contribution in [0.4, 0.5) is 5.69 Å². The lowest BCUT2D eigenvalue weighted by Crippen LogP contribution is -2.38. The number of hydrogen-bond acceptors (Lipinski definition) is 5. The Labute approximate surface area is 119 Å². The van der Waals surface area contributed by atoms with Crippen LogP contribution in [0, 0.1) is 0 Å². The summed E-state index contributed by atoms with van der Waals surface area (Å²) in [6, 6.07) is 4.87. The normalized spacial score (nSPS) is 15.9. The van der Waals surface area contributed by atoms with Crippen LogP contribution >= 0.6 is 0 Å². The lowest BCUT2D eigenvalue weighted by atomic mass is 10.0. The van der Waals surface area contributed by atoms with Gasteiger partial charge in [0.15, 0.2) is 0 Å². The second-order valence-corrected chi connectivity index (χ2v) is 9.18. The standard InChI is InChI=1S/C12H17NO5S2/c1-19(15,16)8-9-20(17,18)13-7-3-5-10-4-2-6-11(14)12(10)13/h2,4,6,14H,3,5,7-9H2,1H3. The second-order valence-electron chi connectivity index (χ2n) is 4.91. The van der Waals surface area contributed by atoms with Gasteiger partial charge in [-0.1, -0.05) is 12.1 Å². The molecule has 0 saturated heterocycles. The number of fused-ring (bicyclic) bond motifs is 1. The van der Waals surface area contributed by atoms with E-state index in [4.69, 9.17) is 0 Å². The molecule has 1 heterocycles. The van der Waals surface area contributed by atoms with Crippen LogP contribution in [0.15, 0.2) is 18.2 Å². The van der Waals surface area contributed by atoms with Crippen molar-refractivity contribution >= 4 is 25.5 Å². The first-order valence-electron chi connectivity index (χ1n) is 6.20. The third-order valence-electron chi connectivity index (χ3n) is 3.20. The van der Waals surface area contributed by atoms with Gasteiger partial charge in [-0.05, 0) is 24.5 Å². The minimum absolute atomic E-state index is 0.0925. The average molecular weight is 319 g/mol. The Morgan fingerprint density at radius 1 is 1.20 bits per heavy atom. The number of sulfonamides is 1. The minimum atomic E-state index is -3.76. The van der Waals surface area contributed by atoms with Crippen molar-refractivity contribution in [2.75, 3.05) is 28.6 Å². The highest BCUT2D eigenvalue weighted by molar-refractivity contribution is 7.95. The van der Waals surface area contributed by atoms with E-state index in [1.54, 1.807) is 12.1 Å². The van der Waals surface area contributed by atoms with E-state index in [1.807, 2.05) is 0 Å². The van der Waals surface area contributed by atoms with Gasteiger partial charge in [0, 0.05) is 12.8 Å². The summed E-state index contributed by atoms with van der Waals surface area (Å²) in [5.74, 6) is -0.987. The van der Waals surface area contributed by atoms with E-state index >= 15 is 0 Å². The molecule has 0 atom stereocenters. The molecule has 1 aliphatic rings. The van der Waals surface area contributed by atoms with Gasteiger partial charge in [-0.25, -0.2) is 16.8 Å². The maximum atomic E-state index is 12.3. The monoisotopic (exact) mass is 319 g/mol. The van der Waals surface area contributed by atoms with Crippen molar-refractivity contribution in [1.82, 2.24) is 0 Å². The Kier molecular flexibility index (Phi) is 3.97. The summed E-state index contributed by atoms with van der Waals surface area (Å²) < 4.78 is 48.0. The second kappa shape index (κ2) is 5.25. The summed E-state index contributed by atoms with van der Waals surface area (Å²) in [4.78, 5) is 0. The van der Waals surface area contributed by atoms with Gasteiger partial charge in [-0.2, -0.15) is 0 Å². The molecule has 0 aromatic heterocycles. The topological polar surface area (TPSA) is 91.8 Å². The third-order valence-corrected chi connectivity index (χ3v) is 6.16. The van der Waals surface area contributed by atoms with Gasteiger partial charge in [0.25, 0.3) is 0 Å². The molecule has 1 aromatic rings. The molecule has 20 heavy (non-hydrogen) atoms. The molecule has 0 bridgehead atoms. The highest BCUT2D eigenvalue weighted by Gasteiger charge is 2.30. The molecule has 2 rings (SSSR count). The Hall–Kier alpha value is -1.28. The van der Waals surface area contributed by atoms with E-state index in [9.17, 15) is 21.9 Å². The molecule has 112 valence electrons. The predicted octanol–water partition coefficient (Wildman–Crippen LogP) is 0.519. The summed E-state index contributed by atoms with van der Waals surface area (Å²) in [6.45, 7) is 0.261. The molecule has 0 saturated carbocycles. The molecule has 0 unspecified atom stereocenters. The number of hydrogen-bond donors (Lipinski definition) is 1. The van der Waals surface area contributed by atoms with E-state index in [-0.39, 0.29) is 18.0 Å². The van der Waals surface area contributed by atoms with E-state index in [0.29, 0.717) is 12.8 Å². The van der Waals surface area contributed by atoms with Crippen molar-refractivity contribution < 1.29 is 21.9 Å². The number of phenols is 1. The van der Waals surface area contributed by atoms with Crippen LogP contribution in [-0.2, 0) is 26.3 Å². The zero-order valence-corrected chi connectivity index (χ0v) is 12.7. The van der Waals surface area contributed by atoms with Crippen LogP contribution in [0.5, 0.6) is 5.75 Å². The summed E-state index contributed by atoms with van der Waals surface area (Å²) in [5, 5.41) is 9.89. The lowest BCUT2D eigenvalue weighted by molar-refractivity contribution is 0.473. The Bertz CT molecular complexity index is 709. The number of phenolic OH excluding ortho intramolecular Hbond substituents is 1. The van der Waals surface area contributed by atoms with Crippen molar-refractivity contribution in [3.63, 3.8) is 0 Å². The van der Waals surface area contributed by atoms with Crippen LogP contribution in [0.2, 0.25) is 0 Å². The molecule has 1 N–H and O–H groups in total. The fourth-order valence-corrected chi connectivity index (χ4v) is 5.41. The number of anilines is 1. The summed E-state index contributed by atoms with van der Waals surface area (Å²) in [7, 11) is -7.11. The smallest absolute Gasteiger partial charge is 0.236 e. The van der Waals surface area contributed by atoms with Crippen LogP contribution in [0.25, 0.3) is 0 Å². The third kappa shape index (κ3) is 3.24. The van der Waals surface area contributed by atoms with Gasteiger partial charge in [0.1, 0.15) is 15.6 Å². The molecular weight excluding hydrogens is 302 g/mol. The molecular formula is C12H17NO5S2. The van der Waals surface area contributed by atoms with Gasteiger partial charge in [-0.3, -0.25) is 4.31 Å². The SMILES string of the molecule is CS(=O)(=O)CCS(=O)(=O)N1CCCc2cccc(O)c21. The number of benzene rings is 1. The zero-order valence-electron chi connectivity index (χ0n) is 11.1. The van der Waals surface area contributed by atoms with E-state index in [2.05, 4.69) is 0 Å². The van der Waals surface area contributed by atoms with Crippen molar-refractivity contribution in [3.8, 4) is 5.75 Å². The number of aryl methyl sites for hydroxylation is 1. The predicted molar refractivity (Wildman–Crippen MR) is 77.3 cm³/mol. The van der Waals surface area contributed by atoms with Crippen LogP contribution in [0.3, 0.4) is 0 Å². The van der Waals surface area contributed by atoms with Crippen LogP contribution < -0.4 is 4.31 Å². The lowest BCUT2D eigenvalue weighted by Gasteiger charge is -2.30. The largest absolute Gasteiger partial charge is 0.506 e. The summed E-state index contributed by atoms with van der Waals surface area (Å²) in [6.07, 6.45) is 2.35. The fourth-order valence-electron chi connectivity index (χ4n) is 2.24. The minimum Gasteiger partial charge on any atom is -0.506 e. The molecule has 0 spiro atoms. The molecule has 0 fully saturated rings. The first-order valence-corrected chi connectivity index (χ1v) is 9.87. The molecule has 0 aliphatic carbocycles. The Morgan fingerprint density at radius 3 is 2.55 bits per heavy atom. The maximum absolute atomic E-state index is 12.3. The van der Waals surface area contributed by atoms with E-state index in [0.717, 1.165) is 16.1 Å². The summed E-state index contributed by atoms with van der Waals surface area (Å²) in [5.41, 5.74) is 1.05. The van der Waals surface area contributed by atoms with E-state index in [1.165, 1.54) is 6.07 Å². The maximum Gasteiger partial charge on any atom is 0.236 e. The van der Waals surface area contributed by atoms with Crippen LogP contribution in [0.1, 0.15) is 12.0 Å². The molecule has 1 aromatic carbocycles. The molecule has 6 nitrogen and oxygen atoms in total. The fraction of sp³-hybridized carbons (Fsp3) is 0.500. The number of rotatable bonds is 4. The average Bonchev–Trinajstić information content (AvgIpc) is 2.36. The van der Waals surface area contributed by atoms with Crippen molar-refractivity contribution in [3.05, 3.63) is 23.8 Å². The van der Waals surface area contributed by atoms with Crippen molar-refractivity contribution in [2.45, 2.75) is 12.8 Å². The van der Waals surface area contributed by atoms with Gasteiger partial charge in [0.05, 0.1) is 17.2 Å². The number of sulfone groups is 1. The van der Waals surface area contributed by atoms with Crippen molar-refractivity contribution in [2.24, 2.45) is 0 Å². The Morgan fingerprint density at radius 2 is 1.90 bits per heavy atom. The van der Waals surface area contributed by atoms with Gasteiger partial charge in [-0.15, -0.1) is 0 Å². The van der Waals surface area contributed by atoms with Gasteiger partial charge >= 0.3 is 0 Å². The number of para-hydroxylation sites is 1. The highest BCUT2D eigenvalue weighted by atomic mass is 32.2. The van der Waals surface area contributed by atoms with E-state index < -0.39 is 31.4 Å². The van der Waals surface area contributed by atoms with Gasteiger partial charge < -0.3 is 5.11 Å². The highest BCUT2D eigenvalue weighted by Crippen LogP contribution is 2.37. The Balaban J connectivity index is 2.36. The molecule has 0 radical (unpaired) electrons. The zero-order chi connectivity index (χ0) is 15.0. The molecule has 1 aliphatic heterocycles. The molecule has 8 heteroatoms.